The number of piperidine rings is 1. The monoisotopic (exact) mass is 287 g/mol. The fraction of sp³-hybridized carbons (Fsp3) is 0.750. The Morgan fingerprint density at radius 1 is 1.30 bits per heavy atom. The van der Waals surface area contributed by atoms with Gasteiger partial charge >= 0.3 is 18.0 Å². The summed E-state index contributed by atoms with van der Waals surface area (Å²) in [4.78, 5) is 35.1. The topological polar surface area (TPSA) is 119 Å². The molecule has 1 saturated heterocycles. The Kier molecular flexibility index (Phi) is 6.23. The summed E-state index contributed by atoms with van der Waals surface area (Å²) in [6.45, 7) is 1.40. The van der Waals surface area contributed by atoms with Crippen LogP contribution in [0.25, 0.3) is 0 Å². The van der Waals surface area contributed by atoms with Crippen molar-refractivity contribution < 1.29 is 24.6 Å². The number of carbonyl (C=O) groups is 3. The molecule has 8 nitrogen and oxygen atoms in total. The van der Waals surface area contributed by atoms with Gasteiger partial charge in [0.15, 0.2) is 0 Å². The van der Waals surface area contributed by atoms with E-state index in [1.807, 2.05) is 7.05 Å². The summed E-state index contributed by atoms with van der Waals surface area (Å²) in [7, 11) is 1.98. The predicted octanol–water partition coefficient (Wildman–Crippen LogP) is -0.302. The van der Waals surface area contributed by atoms with Crippen LogP contribution in [0, 0.1) is 0 Å². The summed E-state index contributed by atoms with van der Waals surface area (Å²) in [5, 5.41) is 22.1. The molecule has 0 spiro atoms. The molecule has 1 rings (SSSR count). The van der Waals surface area contributed by atoms with Gasteiger partial charge < -0.3 is 25.7 Å². The average molecular weight is 287 g/mol. The molecule has 1 fully saturated rings. The van der Waals surface area contributed by atoms with E-state index in [9.17, 15) is 14.4 Å². The average Bonchev–Trinajstić information content (AvgIpc) is 2.36. The first kappa shape index (κ1) is 16.2. The van der Waals surface area contributed by atoms with Gasteiger partial charge in [-0.05, 0) is 26.4 Å². The summed E-state index contributed by atoms with van der Waals surface area (Å²) in [5.41, 5.74) is 0. The number of hydrogen-bond donors (Lipinski definition) is 4. The third kappa shape index (κ3) is 5.43. The van der Waals surface area contributed by atoms with Crippen LogP contribution in [-0.4, -0.2) is 65.3 Å². The molecule has 1 aliphatic rings. The van der Waals surface area contributed by atoms with Crippen molar-refractivity contribution in [2.24, 2.45) is 0 Å². The van der Waals surface area contributed by atoms with E-state index in [-0.39, 0.29) is 6.04 Å². The number of carbonyl (C=O) groups excluding carboxylic acids is 1. The van der Waals surface area contributed by atoms with Crippen LogP contribution in [0.2, 0.25) is 0 Å². The van der Waals surface area contributed by atoms with E-state index < -0.39 is 30.4 Å². The molecule has 0 aromatic rings. The van der Waals surface area contributed by atoms with Crippen molar-refractivity contribution in [3.05, 3.63) is 0 Å². The van der Waals surface area contributed by atoms with Gasteiger partial charge in [-0.25, -0.2) is 9.59 Å². The lowest BCUT2D eigenvalue weighted by Crippen LogP contribution is -2.51. The van der Waals surface area contributed by atoms with Crippen molar-refractivity contribution in [2.75, 3.05) is 20.1 Å². The lowest BCUT2D eigenvalue weighted by atomic mass is 10.0. The Morgan fingerprint density at radius 2 is 2.00 bits per heavy atom. The minimum Gasteiger partial charge on any atom is -0.481 e. The molecule has 1 heterocycles. The highest BCUT2D eigenvalue weighted by atomic mass is 16.4. The van der Waals surface area contributed by atoms with E-state index >= 15 is 0 Å². The number of urea groups is 1. The van der Waals surface area contributed by atoms with Gasteiger partial charge in [0, 0.05) is 12.6 Å². The minimum absolute atomic E-state index is 0.234. The van der Waals surface area contributed by atoms with Crippen LogP contribution in [0.3, 0.4) is 0 Å². The lowest BCUT2D eigenvalue weighted by molar-refractivity contribution is -0.145. The molecule has 0 aliphatic carbocycles. The van der Waals surface area contributed by atoms with Crippen LogP contribution in [0.5, 0.6) is 0 Å². The zero-order chi connectivity index (χ0) is 15.1. The molecule has 0 radical (unpaired) electrons. The third-order valence-electron chi connectivity index (χ3n) is 3.40. The molecule has 1 unspecified atom stereocenters. The highest BCUT2D eigenvalue weighted by Crippen LogP contribution is 2.13. The molecule has 4 N–H and O–H groups in total. The molecule has 0 bridgehead atoms. The Bertz CT molecular complexity index is 374. The van der Waals surface area contributed by atoms with E-state index in [4.69, 9.17) is 10.2 Å². The summed E-state index contributed by atoms with van der Waals surface area (Å²) in [5.74, 6) is -2.64. The van der Waals surface area contributed by atoms with Gasteiger partial charge in [0.1, 0.15) is 6.04 Å². The highest BCUT2D eigenvalue weighted by Gasteiger charge is 2.24. The van der Waals surface area contributed by atoms with E-state index in [1.165, 1.54) is 0 Å². The second-order valence-corrected chi connectivity index (χ2v) is 4.97. The number of amides is 2. The standard InChI is InChI=1S/C12H21N3O5/c1-15-5-3-2-4-8(15)7-13-12(20)14-9(11(18)19)6-10(16)17/h8-9H,2-7H2,1H3,(H,16,17)(H,18,19)(H2,13,14,20)/t8?,9-/m1/s1. The first-order chi connectivity index (χ1) is 9.40. The van der Waals surface area contributed by atoms with Crippen LogP contribution >= 0.6 is 0 Å². The van der Waals surface area contributed by atoms with Gasteiger partial charge in [0.25, 0.3) is 0 Å². The van der Waals surface area contributed by atoms with Crippen molar-refractivity contribution in [1.82, 2.24) is 15.5 Å². The van der Waals surface area contributed by atoms with E-state index in [2.05, 4.69) is 15.5 Å². The smallest absolute Gasteiger partial charge is 0.326 e. The maximum Gasteiger partial charge on any atom is 0.326 e. The van der Waals surface area contributed by atoms with Crippen LogP contribution < -0.4 is 10.6 Å². The normalized spacial score (nSPS) is 20.9. The zero-order valence-corrected chi connectivity index (χ0v) is 11.5. The van der Waals surface area contributed by atoms with E-state index in [0.29, 0.717) is 6.54 Å². The van der Waals surface area contributed by atoms with Crippen molar-refractivity contribution in [3.8, 4) is 0 Å². The molecule has 0 aromatic carbocycles. The summed E-state index contributed by atoms with van der Waals surface area (Å²) < 4.78 is 0. The summed E-state index contributed by atoms with van der Waals surface area (Å²) in [6, 6.07) is -1.84. The molecule has 1 aliphatic heterocycles. The number of carboxylic acid groups (broad SMARTS) is 2. The second kappa shape index (κ2) is 7.68. The van der Waals surface area contributed by atoms with Crippen molar-refractivity contribution in [3.63, 3.8) is 0 Å². The fourth-order valence-electron chi connectivity index (χ4n) is 2.20. The molecule has 0 saturated carbocycles. The number of nitrogens with one attached hydrogen (secondary N) is 2. The Labute approximate surface area is 117 Å². The van der Waals surface area contributed by atoms with E-state index in [0.717, 1.165) is 25.8 Å². The Balaban J connectivity index is 2.37. The molecule has 2 atom stereocenters. The molecular weight excluding hydrogens is 266 g/mol. The largest absolute Gasteiger partial charge is 0.481 e. The van der Waals surface area contributed by atoms with Crippen LogP contribution in [0.15, 0.2) is 0 Å². The van der Waals surface area contributed by atoms with Crippen molar-refractivity contribution >= 4 is 18.0 Å². The molecule has 0 aromatic heterocycles. The minimum atomic E-state index is -1.42. The third-order valence-corrected chi connectivity index (χ3v) is 3.40. The van der Waals surface area contributed by atoms with E-state index in [1.54, 1.807) is 0 Å². The predicted molar refractivity (Wildman–Crippen MR) is 70.5 cm³/mol. The van der Waals surface area contributed by atoms with Crippen LogP contribution in [0.4, 0.5) is 4.79 Å². The maximum atomic E-state index is 11.6. The number of hydrogen-bond acceptors (Lipinski definition) is 4. The van der Waals surface area contributed by atoms with Gasteiger partial charge in [-0.15, -0.1) is 0 Å². The number of nitrogens with zero attached hydrogens (tertiary/aromatic N) is 1. The quantitative estimate of drug-likeness (QED) is 0.532. The molecule has 8 heteroatoms. The first-order valence-corrected chi connectivity index (χ1v) is 6.59. The fourth-order valence-corrected chi connectivity index (χ4v) is 2.20. The molecule has 20 heavy (non-hydrogen) atoms. The molecule has 2 amide bonds. The lowest BCUT2D eigenvalue weighted by Gasteiger charge is -2.32. The summed E-state index contributed by atoms with van der Waals surface area (Å²) >= 11 is 0. The highest BCUT2D eigenvalue weighted by molar-refractivity contribution is 5.86. The SMILES string of the molecule is CN1CCCCC1CNC(=O)N[C@H](CC(=O)O)C(=O)O. The van der Waals surface area contributed by atoms with Crippen molar-refractivity contribution in [1.29, 1.82) is 0 Å². The Hall–Kier alpha value is -1.83. The number of rotatable bonds is 6. The second-order valence-electron chi connectivity index (χ2n) is 4.97. The molecule has 114 valence electrons. The van der Waals surface area contributed by atoms with Crippen LogP contribution in [0.1, 0.15) is 25.7 Å². The number of carboxylic acids is 2. The first-order valence-electron chi connectivity index (χ1n) is 6.59. The maximum absolute atomic E-state index is 11.6. The number of likely N-dealkylation sites (tertiary alicyclic amines) is 1. The van der Waals surface area contributed by atoms with Gasteiger partial charge in [-0.1, -0.05) is 6.42 Å². The Morgan fingerprint density at radius 3 is 2.55 bits per heavy atom. The van der Waals surface area contributed by atoms with Crippen molar-refractivity contribution in [2.45, 2.75) is 37.8 Å². The summed E-state index contributed by atoms with van der Waals surface area (Å²) in [6.07, 6.45) is 2.58. The number of likely N-dealkylation sites (N-methyl/N-ethyl adjacent to an activating group) is 1. The van der Waals surface area contributed by atoms with Gasteiger partial charge in [0.05, 0.1) is 6.42 Å². The van der Waals surface area contributed by atoms with Gasteiger partial charge in [0.2, 0.25) is 0 Å². The van der Waals surface area contributed by atoms with Gasteiger partial charge in [-0.2, -0.15) is 0 Å². The molecular formula is C12H21N3O5. The van der Waals surface area contributed by atoms with Gasteiger partial charge in [-0.3, -0.25) is 4.79 Å². The van der Waals surface area contributed by atoms with Crippen LogP contribution in [-0.2, 0) is 9.59 Å². The number of aliphatic carboxylic acids is 2. The zero-order valence-electron chi connectivity index (χ0n) is 11.5.